The summed E-state index contributed by atoms with van der Waals surface area (Å²) in [5.41, 5.74) is 11.0. The van der Waals surface area contributed by atoms with Crippen LogP contribution in [0, 0.1) is 0 Å². The van der Waals surface area contributed by atoms with Crippen LogP contribution in [0.25, 0.3) is 10.4 Å². The molecular weight excluding hydrogens is 438 g/mol. The lowest BCUT2D eigenvalue weighted by molar-refractivity contribution is -0.204. The van der Waals surface area contributed by atoms with Gasteiger partial charge < -0.3 is 18.9 Å². The molecule has 1 heterocycles. The van der Waals surface area contributed by atoms with Crippen LogP contribution >= 0.6 is 11.8 Å². The maximum atomic E-state index is 9.26. The monoisotopic (exact) mass is 469 g/mol. The van der Waals surface area contributed by atoms with Crippen molar-refractivity contribution in [3.8, 4) is 0 Å². The van der Waals surface area contributed by atoms with Gasteiger partial charge in [0.15, 0.2) is 0 Å². The van der Waals surface area contributed by atoms with Crippen LogP contribution in [-0.4, -0.2) is 48.8 Å². The molecule has 1 aliphatic rings. The second kappa shape index (κ2) is 14.1. The quantitative estimate of drug-likeness (QED) is 0.167. The van der Waals surface area contributed by atoms with Crippen molar-refractivity contribution in [1.82, 2.24) is 0 Å². The maximum absolute atomic E-state index is 9.26. The minimum atomic E-state index is -0.538. The van der Waals surface area contributed by atoms with Crippen LogP contribution in [0.2, 0.25) is 0 Å². The first kappa shape index (κ1) is 25.3. The molecule has 176 valence electrons. The molecule has 2 aromatic rings. The Balaban J connectivity index is 1.79. The van der Waals surface area contributed by atoms with Crippen molar-refractivity contribution in [2.24, 2.45) is 5.11 Å². The predicted molar refractivity (Wildman–Crippen MR) is 131 cm³/mol. The maximum Gasteiger partial charge on any atom is 0.114 e. The van der Waals surface area contributed by atoms with Crippen LogP contribution in [0.3, 0.4) is 0 Å². The zero-order valence-corrected chi connectivity index (χ0v) is 19.7. The molecule has 33 heavy (non-hydrogen) atoms. The van der Waals surface area contributed by atoms with E-state index >= 15 is 0 Å². The first-order valence-corrected chi connectivity index (χ1v) is 12.1. The fourth-order valence-corrected chi connectivity index (χ4v) is 4.67. The van der Waals surface area contributed by atoms with Crippen molar-refractivity contribution in [3.63, 3.8) is 0 Å². The van der Waals surface area contributed by atoms with Gasteiger partial charge in [-0.3, -0.25) is 0 Å². The number of hydrogen-bond donors (Lipinski definition) is 0. The highest BCUT2D eigenvalue weighted by molar-refractivity contribution is 7.99. The van der Waals surface area contributed by atoms with E-state index in [4.69, 9.17) is 18.9 Å². The fourth-order valence-electron chi connectivity index (χ4n) is 3.72. The fraction of sp³-hybridized carbons (Fsp3) is 0.440. The van der Waals surface area contributed by atoms with Gasteiger partial charge in [-0.15, -0.1) is 18.3 Å². The largest absolute Gasteiger partial charge is 0.374 e. The molecule has 0 unspecified atom stereocenters. The Kier molecular flexibility index (Phi) is 10.8. The third-order valence-electron chi connectivity index (χ3n) is 5.22. The second-order valence-corrected chi connectivity index (χ2v) is 8.92. The average molecular weight is 470 g/mol. The van der Waals surface area contributed by atoms with Gasteiger partial charge in [-0.25, -0.2) is 0 Å². The van der Waals surface area contributed by atoms with Crippen LogP contribution in [0.4, 0.5) is 0 Å². The molecule has 7 nitrogen and oxygen atoms in total. The molecule has 0 amide bonds. The van der Waals surface area contributed by atoms with E-state index in [9.17, 15) is 5.53 Å². The molecule has 3 rings (SSSR count). The van der Waals surface area contributed by atoms with Crippen LogP contribution in [0.5, 0.6) is 0 Å². The molecular formula is C25H31N3O4S. The number of benzene rings is 2. The van der Waals surface area contributed by atoms with E-state index in [1.54, 1.807) is 17.8 Å². The van der Waals surface area contributed by atoms with Crippen molar-refractivity contribution < 1.29 is 18.9 Å². The number of nitrogens with zero attached hydrogens (tertiary/aromatic N) is 3. The molecule has 0 saturated carbocycles. The minimum absolute atomic E-state index is 0.322. The summed E-state index contributed by atoms with van der Waals surface area (Å²) in [6, 6.07) is 19.3. The van der Waals surface area contributed by atoms with Crippen LogP contribution in [0.1, 0.15) is 18.1 Å². The van der Waals surface area contributed by atoms with E-state index < -0.39 is 18.2 Å². The van der Waals surface area contributed by atoms with Crippen LogP contribution in [-0.2, 0) is 32.2 Å². The van der Waals surface area contributed by atoms with Crippen molar-refractivity contribution in [2.45, 2.75) is 49.9 Å². The summed E-state index contributed by atoms with van der Waals surface area (Å²) >= 11 is 1.59. The Hall–Kier alpha value is -2.32. The number of hydrogen-bond acceptors (Lipinski definition) is 6. The highest BCUT2D eigenvalue weighted by atomic mass is 32.2. The Morgan fingerprint density at radius 1 is 1.03 bits per heavy atom. The van der Waals surface area contributed by atoms with E-state index in [0.717, 1.165) is 16.9 Å². The zero-order chi connectivity index (χ0) is 23.3. The number of azide groups is 1. The Morgan fingerprint density at radius 2 is 1.70 bits per heavy atom. The van der Waals surface area contributed by atoms with Crippen molar-refractivity contribution in [3.05, 3.63) is 94.9 Å². The summed E-state index contributed by atoms with van der Waals surface area (Å²) < 4.78 is 24.8. The number of rotatable bonds is 13. The van der Waals surface area contributed by atoms with Crippen LogP contribution in [0.15, 0.2) is 78.4 Å². The van der Waals surface area contributed by atoms with Crippen molar-refractivity contribution in [2.75, 3.05) is 19.0 Å². The number of thioether (sulfide) groups is 1. The third kappa shape index (κ3) is 7.61. The average Bonchev–Trinajstić information content (AvgIpc) is 2.85. The highest BCUT2D eigenvalue weighted by Gasteiger charge is 2.47. The summed E-state index contributed by atoms with van der Waals surface area (Å²) in [5.74, 6) is 0.809. The molecule has 0 N–H and O–H groups in total. The molecule has 1 fully saturated rings. The molecule has 1 saturated heterocycles. The lowest BCUT2D eigenvalue weighted by Gasteiger charge is -2.44. The Morgan fingerprint density at radius 3 is 2.30 bits per heavy atom. The standard InChI is InChI=1S/C25H31N3O4S/c1-3-15-30-23-21(18-29-16-19-11-7-5-8-12-19)32-25(33-4-2)22(27-28-26)24(23)31-17-20-13-9-6-10-14-20/h3,5-14,21-25H,1,4,15-18H2,2H3/t21-,22-,23-,24-,25+/m1/s1. The lowest BCUT2D eigenvalue weighted by Crippen LogP contribution is -2.59. The zero-order valence-electron chi connectivity index (χ0n) is 18.9. The molecule has 0 bridgehead atoms. The number of ether oxygens (including phenoxy) is 4. The molecule has 2 aromatic carbocycles. The Bertz CT molecular complexity index is 880. The second-order valence-electron chi connectivity index (χ2n) is 7.54. The molecule has 0 aromatic heterocycles. The molecule has 8 heteroatoms. The summed E-state index contributed by atoms with van der Waals surface area (Å²) in [6.45, 7) is 7.30. The Labute approximate surface area is 199 Å². The van der Waals surface area contributed by atoms with Gasteiger partial charge in [0.05, 0.1) is 32.5 Å². The van der Waals surface area contributed by atoms with E-state index in [1.165, 1.54) is 0 Å². The van der Waals surface area contributed by atoms with Gasteiger partial charge in [0.25, 0.3) is 0 Å². The van der Waals surface area contributed by atoms with Gasteiger partial charge in [-0.1, -0.05) is 78.8 Å². The van der Waals surface area contributed by atoms with E-state index in [0.29, 0.717) is 26.4 Å². The van der Waals surface area contributed by atoms with E-state index in [1.807, 2.05) is 67.6 Å². The molecule has 0 aliphatic carbocycles. The van der Waals surface area contributed by atoms with Gasteiger partial charge >= 0.3 is 0 Å². The highest BCUT2D eigenvalue weighted by Crippen LogP contribution is 2.34. The minimum Gasteiger partial charge on any atom is -0.374 e. The van der Waals surface area contributed by atoms with E-state index in [2.05, 4.69) is 16.6 Å². The summed E-state index contributed by atoms with van der Waals surface area (Å²) in [5, 5.41) is 4.06. The summed E-state index contributed by atoms with van der Waals surface area (Å²) in [4.78, 5) is 3.08. The topological polar surface area (TPSA) is 85.7 Å². The first-order valence-electron chi connectivity index (χ1n) is 11.1. The SMILES string of the molecule is C=CCO[C@H]1[C@H](OCc2ccccc2)[C@@H](N=[N+]=[N-])[C@H](SCC)O[C@@H]1COCc1ccccc1. The van der Waals surface area contributed by atoms with Gasteiger partial charge in [0.2, 0.25) is 0 Å². The molecule has 0 spiro atoms. The van der Waals surface area contributed by atoms with Gasteiger partial charge in [-0.2, -0.15) is 0 Å². The van der Waals surface area contributed by atoms with Gasteiger partial charge in [0.1, 0.15) is 23.7 Å². The molecule has 0 radical (unpaired) electrons. The molecule has 1 aliphatic heterocycles. The lowest BCUT2D eigenvalue weighted by atomic mass is 9.98. The van der Waals surface area contributed by atoms with Crippen molar-refractivity contribution >= 4 is 11.8 Å². The summed E-state index contributed by atoms with van der Waals surface area (Å²) in [7, 11) is 0. The normalized spacial score (nSPS) is 24.7. The van der Waals surface area contributed by atoms with Gasteiger partial charge in [-0.05, 0) is 22.4 Å². The van der Waals surface area contributed by atoms with Crippen LogP contribution < -0.4 is 0 Å². The van der Waals surface area contributed by atoms with Gasteiger partial charge in [0, 0.05) is 4.91 Å². The van der Waals surface area contributed by atoms with Crippen molar-refractivity contribution in [1.29, 1.82) is 0 Å². The smallest absolute Gasteiger partial charge is 0.114 e. The summed E-state index contributed by atoms with van der Waals surface area (Å²) in [6.07, 6.45) is 0.325. The molecule has 5 atom stereocenters. The predicted octanol–water partition coefficient (Wildman–Crippen LogP) is 5.52. The first-order chi connectivity index (χ1) is 16.3. The third-order valence-corrected chi connectivity index (χ3v) is 6.27. The van der Waals surface area contributed by atoms with E-state index in [-0.39, 0.29) is 11.5 Å².